The summed E-state index contributed by atoms with van der Waals surface area (Å²) in [7, 11) is 0. The van der Waals surface area contributed by atoms with Gasteiger partial charge in [-0.3, -0.25) is 0 Å². The van der Waals surface area contributed by atoms with Crippen molar-refractivity contribution in [3.63, 3.8) is 0 Å². The predicted octanol–water partition coefficient (Wildman–Crippen LogP) is 2.65. The minimum absolute atomic E-state index is 0.847. The maximum atomic E-state index is 2.32. The lowest BCUT2D eigenvalue weighted by atomic mass is 10.1. The Morgan fingerprint density at radius 1 is 1.43 bits per heavy atom. The van der Waals surface area contributed by atoms with Crippen molar-refractivity contribution in [1.82, 2.24) is 0 Å². The van der Waals surface area contributed by atoms with Crippen LogP contribution >= 0.6 is 0 Å². The average Bonchev–Trinajstić information content (AvgIpc) is 1.61. The summed E-state index contributed by atoms with van der Waals surface area (Å²) in [5, 5.41) is 0. The van der Waals surface area contributed by atoms with Crippen LogP contribution in [-0.4, -0.2) is 0 Å². The van der Waals surface area contributed by atoms with E-state index in [2.05, 4.69) is 27.2 Å². The molecule has 0 N–H and O–H groups in total. The zero-order valence-corrected chi connectivity index (χ0v) is 5.57. The molecule has 0 aromatic rings. The van der Waals surface area contributed by atoms with Crippen LogP contribution in [-0.2, 0) is 0 Å². The third kappa shape index (κ3) is 6.00. The summed E-state index contributed by atoms with van der Waals surface area (Å²) in [6, 6.07) is 0. The molecule has 0 saturated heterocycles. The Kier molecular flexibility index (Phi) is 4.17. The van der Waals surface area contributed by atoms with Crippen molar-refractivity contribution in [1.29, 1.82) is 0 Å². The van der Waals surface area contributed by atoms with Crippen LogP contribution in [0.15, 0.2) is 0 Å². The van der Waals surface area contributed by atoms with Crippen LogP contribution in [0.4, 0.5) is 0 Å². The number of hydrogen-bond acceptors (Lipinski definition) is 0. The maximum absolute atomic E-state index is 2.32. The second kappa shape index (κ2) is 4.17. The minimum Gasteiger partial charge on any atom is -0.0651 e. The molecule has 1 radical (unpaired) electrons. The molecule has 0 aliphatic heterocycles. The SMILES string of the molecule is CC[CH]CC(C)C. The normalized spacial score (nSPS) is 10.3. The Morgan fingerprint density at radius 3 is 2.14 bits per heavy atom. The summed E-state index contributed by atoms with van der Waals surface area (Å²) < 4.78 is 0. The number of unbranched alkanes of at least 4 members (excludes halogenated alkanes) is 1. The molecule has 0 nitrogen and oxygen atoms in total. The van der Waals surface area contributed by atoms with Gasteiger partial charge in [-0.05, 0) is 18.8 Å². The Labute approximate surface area is 46.9 Å². The zero-order chi connectivity index (χ0) is 5.70. The van der Waals surface area contributed by atoms with Gasteiger partial charge in [0.15, 0.2) is 0 Å². The lowest BCUT2D eigenvalue weighted by Gasteiger charge is -1.98. The molecule has 0 aromatic heterocycles. The van der Waals surface area contributed by atoms with E-state index in [1.807, 2.05) is 0 Å². The van der Waals surface area contributed by atoms with Gasteiger partial charge in [0.05, 0.1) is 0 Å². The van der Waals surface area contributed by atoms with Crippen LogP contribution in [0.25, 0.3) is 0 Å². The first kappa shape index (κ1) is 7.00. The zero-order valence-electron chi connectivity index (χ0n) is 5.57. The molecule has 0 amide bonds. The van der Waals surface area contributed by atoms with Gasteiger partial charge in [0.1, 0.15) is 0 Å². The van der Waals surface area contributed by atoms with Crippen molar-refractivity contribution >= 4 is 0 Å². The molecular weight excluding hydrogens is 84.1 g/mol. The smallest absolute Gasteiger partial charge is 0.0386 e. The molecule has 0 saturated carbocycles. The van der Waals surface area contributed by atoms with E-state index < -0.39 is 0 Å². The molecule has 7 heavy (non-hydrogen) atoms. The first-order chi connectivity index (χ1) is 3.27. The Hall–Kier alpha value is 0. The van der Waals surface area contributed by atoms with E-state index in [4.69, 9.17) is 0 Å². The standard InChI is InChI=1S/C7H15/c1-4-5-6-7(2)3/h5,7H,4,6H2,1-3H3. The summed E-state index contributed by atoms with van der Waals surface area (Å²) in [6.45, 7) is 6.67. The molecule has 0 spiro atoms. The molecule has 43 valence electrons. The van der Waals surface area contributed by atoms with Crippen LogP contribution in [0.5, 0.6) is 0 Å². The van der Waals surface area contributed by atoms with Gasteiger partial charge >= 0.3 is 0 Å². The third-order valence-electron chi connectivity index (χ3n) is 0.927. The Morgan fingerprint density at radius 2 is 2.00 bits per heavy atom. The van der Waals surface area contributed by atoms with Gasteiger partial charge in [0.2, 0.25) is 0 Å². The fourth-order valence-electron chi connectivity index (χ4n) is 0.500. The van der Waals surface area contributed by atoms with Gasteiger partial charge in [-0.1, -0.05) is 27.2 Å². The first-order valence-corrected chi connectivity index (χ1v) is 3.09. The molecule has 0 bridgehead atoms. The topological polar surface area (TPSA) is 0 Å². The molecule has 0 unspecified atom stereocenters. The van der Waals surface area contributed by atoms with Crippen molar-refractivity contribution in [3.8, 4) is 0 Å². The van der Waals surface area contributed by atoms with E-state index in [-0.39, 0.29) is 0 Å². The summed E-state index contributed by atoms with van der Waals surface area (Å²) in [4.78, 5) is 0. The fraction of sp³-hybridized carbons (Fsp3) is 0.857. The molecule has 0 aromatic carbocycles. The largest absolute Gasteiger partial charge is 0.0651 e. The minimum atomic E-state index is 0.847. The van der Waals surface area contributed by atoms with Gasteiger partial charge in [0, 0.05) is 0 Å². The molecule has 0 heterocycles. The van der Waals surface area contributed by atoms with Crippen molar-refractivity contribution in [2.24, 2.45) is 5.92 Å². The molecule has 0 heteroatoms. The highest BCUT2D eigenvalue weighted by Gasteiger charge is 1.89. The molecule has 0 atom stereocenters. The van der Waals surface area contributed by atoms with Gasteiger partial charge in [-0.2, -0.15) is 0 Å². The van der Waals surface area contributed by atoms with Crippen LogP contribution in [0.1, 0.15) is 33.6 Å². The molecule has 0 fully saturated rings. The predicted molar refractivity (Wildman–Crippen MR) is 34.0 cm³/mol. The molecular formula is C7H15. The highest BCUT2D eigenvalue weighted by molar-refractivity contribution is 4.62. The number of rotatable bonds is 3. The van der Waals surface area contributed by atoms with Crippen LogP contribution in [0.2, 0.25) is 0 Å². The van der Waals surface area contributed by atoms with Crippen molar-refractivity contribution in [3.05, 3.63) is 6.42 Å². The highest BCUT2D eigenvalue weighted by atomic mass is 13.9. The Bertz CT molecular complexity index is 29.0. The van der Waals surface area contributed by atoms with E-state index in [0.29, 0.717) is 0 Å². The molecule has 0 rings (SSSR count). The molecule has 0 aliphatic carbocycles. The fourth-order valence-corrected chi connectivity index (χ4v) is 0.500. The van der Waals surface area contributed by atoms with Crippen LogP contribution < -0.4 is 0 Å². The average molecular weight is 99.2 g/mol. The van der Waals surface area contributed by atoms with Gasteiger partial charge < -0.3 is 0 Å². The summed E-state index contributed by atoms with van der Waals surface area (Å²) >= 11 is 0. The lowest BCUT2D eigenvalue weighted by Crippen LogP contribution is -1.84. The van der Waals surface area contributed by atoms with Gasteiger partial charge in [-0.25, -0.2) is 0 Å². The second-order valence-corrected chi connectivity index (χ2v) is 2.33. The summed E-state index contributed by atoms with van der Waals surface area (Å²) in [5.41, 5.74) is 0. The quantitative estimate of drug-likeness (QED) is 0.510. The maximum Gasteiger partial charge on any atom is -0.0386 e. The number of hydrogen-bond donors (Lipinski definition) is 0. The Balaban J connectivity index is 2.68. The van der Waals surface area contributed by atoms with E-state index in [0.717, 1.165) is 5.92 Å². The van der Waals surface area contributed by atoms with Crippen molar-refractivity contribution in [2.45, 2.75) is 33.6 Å². The van der Waals surface area contributed by atoms with Crippen molar-refractivity contribution < 1.29 is 0 Å². The molecule has 0 aliphatic rings. The summed E-state index contributed by atoms with van der Waals surface area (Å²) in [6.07, 6.45) is 4.82. The van der Waals surface area contributed by atoms with Gasteiger partial charge in [0.25, 0.3) is 0 Å². The lowest BCUT2D eigenvalue weighted by molar-refractivity contribution is 0.626. The van der Waals surface area contributed by atoms with E-state index >= 15 is 0 Å². The second-order valence-electron chi connectivity index (χ2n) is 2.33. The van der Waals surface area contributed by atoms with Crippen LogP contribution in [0, 0.1) is 12.3 Å². The highest BCUT2D eigenvalue weighted by Crippen LogP contribution is 2.03. The third-order valence-corrected chi connectivity index (χ3v) is 0.927. The monoisotopic (exact) mass is 99.1 g/mol. The van der Waals surface area contributed by atoms with Crippen LogP contribution in [0.3, 0.4) is 0 Å². The van der Waals surface area contributed by atoms with E-state index in [9.17, 15) is 0 Å². The van der Waals surface area contributed by atoms with E-state index in [1.165, 1.54) is 12.8 Å². The van der Waals surface area contributed by atoms with Gasteiger partial charge in [-0.15, -0.1) is 0 Å². The van der Waals surface area contributed by atoms with E-state index in [1.54, 1.807) is 0 Å². The van der Waals surface area contributed by atoms with Crippen molar-refractivity contribution in [2.75, 3.05) is 0 Å². The first-order valence-electron chi connectivity index (χ1n) is 3.09. The summed E-state index contributed by atoms with van der Waals surface area (Å²) in [5.74, 6) is 0.847.